The fourth-order valence-electron chi connectivity index (χ4n) is 0.928. The lowest BCUT2D eigenvalue weighted by molar-refractivity contribution is 0.0524. The van der Waals surface area contributed by atoms with E-state index in [2.05, 4.69) is 4.98 Å². The summed E-state index contributed by atoms with van der Waals surface area (Å²) in [7, 11) is 0. The summed E-state index contributed by atoms with van der Waals surface area (Å²) in [6.07, 6.45) is 0. The number of carbonyl (C=O) groups excluding carboxylic acids is 1. The van der Waals surface area contributed by atoms with E-state index in [4.69, 9.17) is 27.1 Å². The molecule has 5 nitrogen and oxygen atoms in total. The van der Waals surface area contributed by atoms with Crippen LogP contribution in [0.4, 0.5) is 5.88 Å². The summed E-state index contributed by atoms with van der Waals surface area (Å²) in [5, 5.41) is 0. The Balaban J connectivity index is 3.21. The van der Waals surface area contributed by atoms with Crippen LogP contribution in [0.25, 0.3) is 0 Å². The molecule has 0 radical (unpaired) electrons. The van der Waals surface area contributed by atoms with Crippen molar-refractivity contribution in [2.24, 2.45) is 0 Å². The molecule has 6 heteroatoms. The molecule has 0 saturated carbocycles. The molecule has 0 aliphatic carbocycles. The summed E-state index contributed by atoms with van der Waals surface area (Å²) >= 11 is 4.87. The Morgan fingerprint density at radius 2 is 2.36 bits per heavy atom. The lowest BCUT2D eigenvalue weighted by atomic mass is 10.3. The molecule has 2 N–H and O–H groups in total. The van der Waals surface area contributed by atoms with Gasteiger partial charge in [0.15, 0.2) is 11.5 Å². The quantitative estimate of drug-likeness (QED) is 0.593. The number of aromatic nitrogens is 1. The summed E-state index contributed by atoms with van der Waals surface area (Å²) in [4.78, 5) is 15.1. The van der Waals surface area contributed by atoms with E-state index in [1.807, 2.05) is 0 Å². The second kappa shape index (κ2) is 4.19. The van der Waals surface area contributed by atoms with Gasteiger partial charge < -0.3 is 14.9 Å². The lowest BCUT2D eigenvalue weighted by Gasteiger charge is -2.04. The fourth-order valence-corrected chi connectivity index (χ4v) is 1.24. The SMILES string of the molecule is CCOC(=O)c1c(N)oc(C)nc1=S. The van der Waals surface area contributed by atoms with Gasteiger partial charge >= 0.3 is 5.97 Å². The number of nitrogens with zero attached hydrogens (tertiary/aromatic N) is 1. The maximum Gasteiger partial charge on any atom is 0.346 e. The maximum atomic E-state index is 11.3. The molecule has 0 unspecified atom stereocenters. The van der Waals surface area contributed by atoms with E-state index in [-0.39, 0.29) is 22.7 Å². The van der Waals surface area contributed by atoms with Gasteiger partial charge in [-0.05, 0) is 6.92 Å². The largest absolute Gasteiger partial charge is 0.462 e. The van der Waals surface area contributed by atoms with Gasteiger partial charge in [-0.1, -0.05) is 12.2 Å². The zero-order valence-electron chi connectivity index (χ0n) is 7.86. The van der Waals surface area contributed by atoms with Crippen molar-refractivity contribution >= 4 is 24.1 Å². The first kappa shape index (κ1) is 10.6. The summed E-state index contributed by atoms with van der Waals surface area (Å²) in [6.45, 7) is 3.54. The molecule has 1 aromatic rings. The molecule has 1 aromatic heterocycles. The van der Waals surface area contributed by atoms with Crippen molar-refractivity contribution in [2.75, 3.05) is 12.3 Å². The molecular formula is C8H10N2O3S. The summed E-state index contributed by atoms with van der Waals surface area (Å²) < 4.78 is 9.80. The van der Waals surface area contributed by atoms with Crippen molar-refractivity contribution in [1.29, 1.82) is 0 Å². The molecule has 0 fully saturated rings. The third-order valence-corrected chi connectivity index (χ3v) is 1.75. The third-order valence-electron chi connectivity index (χ3n) is 1.46. The first-order valence-electron chi connectivity index (χ1n) is 4.00. The Hall–Kier alpha value is -1.43. The predicted octanol–water partition coefficient (Wildman–Crippen LogP) is 1.47. The molecule has 0 amide bonds. The fraction of sp³-hybridized carbons (Fsp3) is 0.375. The smallest absolute Gasteiger partial charge is 0.346 e. The van der Waals surface area contributed by atoms with E-state index in [1.165, 1.54) is 0 Å². The minimum absolute atomic E-state index is 0.0208. The number of carbonyl (C=O) groups is 1. The number of aryl methyl sites for hydroxylation is 1. The van der Waals surface area contributed by atoms with E-state index >= 15 is 0 Å². The highest BCUT2D eigenvalue weighted by Crippen LogP contribution is 2.14. The predicted molar refractivity (Wildman–Crippen MR) is 52.4 cm³/mol. The molecule has 0 saturated heterocycles. The van der Waals surface area contributed by atoms with Crippen LogP contribution in [0.15, 0.2) is 4.42 Å². The number of ether oxygens (including phenoxy) is 1. The van der Waals surface area contributed by atoms with E-state index in [0.717, 1.165) is 0 Å². The molecule has 1 rings (SSSR count). The Morgan fingerprint density at radius 3 is 2.86 bits per heavy atom. The number of hydrogen-bond donors (Lipinski definition) is 1. The minimum Gasteiger partial charge on any atom is -0.462 e. The summed E-state index contributed by atoms with van der Waals surface area (Å²) in [6, 6.07) is 0. The second-order valence-corrected chi connectivity index (χ2v) is 2.88. The van der Waals surface area contributed by atoms with Crippen LogP contribution >= 0.6 is 12.2 Å². The highest BCUT2D eigenvalue weighted by molar-refractivity contribution is 7.71. The molecule has 0 bridgehead atoms. The number of hydrogen-bond acceptors (Lipinski definition) is 6. The zero-order chi connectivity index (χ0) is 10.7. The molecule has 76 valence electrons. The van der Waals surface area contributed by atoms with Crippen LogP contribution in [0.3, 0.4) is 0 Å². The van der Waals surface area contributed by atoms with Gasteiger partial charge in [0, 0.05) is 6.92 Å². The van der Waals surface area contributed by atoms with Gasteiger partial charge in [-0.15, -0.1) is 0 Å². The van der Waals surface area contributed by atoms with Crippen molar-refractivity contribution in [3.8, 4) is 0 Å². The Morgan fingerprint density at radius 1 is 1.71 bits per heavy atom. The van der Waals surface area contributed by atoms with Gasteiger partial charge in [0.05, 0.1) is 6.61 Å². The van der Waals surface area contributed by atoms with Crippen LogP contribution in [0.1, 0.15) is 23.2 Å². The summed E-state index contributed by atoms with van der Waals surface area (Å²) in [5.74, 6) is -0.340. The van der Waals surface area contributed by atoms with E-state index in [0.29, 0.717) is 5.89 Å². The van der Waals surface area contributed by atoms with Crippen molar-refractivity contribution in [3.63, 3.8) is 0 Å². The average molecular weight is 214 g/mol. The minimum atomic E-state index is -0.605. The monoisotopic (exact) mass is 214 g/mol. The molecular weight excluding hydrogens is 204 g/mol. The van der Waals surface area contributed by atoms with Crippen LogP contribution in [-0.2, 0) is 4.74 Å². The van der Waals surface area contributed by atoms with Gasteiger partial charge in [0.1, 0.15) is 4.64 Å². The van der Waals surface area contributed by atoms with Crippen LogP contribution in [0, 0.1) is 11.6 Å². The lowest BCUT2D eigenvalue weighted by Crippen LogP contribution is -2.10. The molecule has 0 spiro atoms. The van der Waals surface area contributed by atoms with Crippen molar-refractivity contribution in [1.82, 2.24) is 4.98 Å². The number of rotatable bonds is 2. The van der Waals surface area contributed by atoms with Crippen LogP contribution < -0.4 is 5.73 Å². The number of esters is 1. The molecule has 1 heterocycles. The van der Waals surface area contributed by atoms with Gasteiger partial charge in [-0.2, -0.15) is 0 Å². The van der Waals surface area contributed by atoms with E-state index < -0.39 is 5.97 Å². The van der Waals surface area contributed by atoms with Gasteiger partial charge in [0.2, 0.25) is 5.88 Å². The van der Waals surface area contributed by atoms with Crippen LogP contribution in [0.5, 0.6) is 0 Å². The van der Waals surface area contributed by atoms with Gasteiger partial charge in [0.25, 0.3) is 0 Å². The van der Waals surface area contributed by atoms with Crippen molar-refractivity contribution < 1.29 is 13.9 Å². The standard InChI is InChI=1S/C8H10N2O3S/c1-3-12-8(11)5-6(9)13-4(2)10-7(5)14/h3,9H2,1-2H3. The van der Waals surface area contributed by atoms with E-state index in [9.17, 15) is 4.79 Å². The molecule has 0 atom stereocenters. The van der Waals surface area contributed by atoms with Crippen LogP contribution in [-0.4, -0.2) is 17.6 Å². The Kier molecular flexibility index (Phi) is 3.19. The first-order valence-corrected chi connectivity index (χ1v) is 4.41. The van der Waals surface area contributed by atoms with Crippen molar-refractivity contribution in [3.05, 3.63) is 16.1 Å². The molecule has 14 heavy (non-hydrogen) atoms. The topological polar surface area (TPSA) is 78.4 Å². The van der Waals surface area contributed by atoms with Crippen LogP contribution in [0.2, 0.25) is 0 Å². The third kappa shape index (κ3) is 2.08. The Labute approximate surface area is 85.9 Å². The molecule has 0 aromatic carbocycles. The summed E-state index contributed by atoms with van der Waals surface area (Å²) in [5.41, 5.74) is 5.50. The number of nitrogen functional groups attached to an aromatic ring is 1. The van der Waals surface area contributed by atoms with Gasteiger partial charge in [-0.25, -0.2) is 9.78 Å². The normalized spacial score (nSPS) is 9.86. The average Bonchev–Trinajstić information content (AvgIpc) is 2.01. The molecule has 0 aliphatic rings. The number of anilines is 1. The zero-order valence-corrected chi connectivity index (χ0v) is 8.68. The van der Waals surface area contributed by atoms with Crippen molar-refractivity contribution in [2.45, 2.75) is 13.8 Å². The second-order valence-electron chi connectivity index (χ2n) is 2.50. The highest BCUT2D eigenvalue weighted by Gasteiger charge is 2.16. The highest BCUT2D eigenvalue weighted by atomic mass is 32.1. The van der Waals surface area contributed by atoms with E-state index in [1.54, 1.807) is 13.8 Å². The maximum absolute atomic E-state index is 11.3. The van der Waals surface area contributed by atoms with Gasteiger partial charge in [-0.3, -0.25) is 0 Å². The Bertz CT molecular complexity index is 414. The first-order chi connectivity index (χ1) is 6.56. The number of nitrogens with two attached hydrogens (primary N) is 1. The molecule has 0 aliphatic heterocycles.